The minimum atomic E-state index is -5.44. The van der Waals surface area contributed by atoms with Crippen LogP contribution in [0.4, 0.5) is 30.7 Å². The second kappa shape index (κ2) is 10.5. The molecule has 2 aliphatic rings. The standard InChI is InChI=1S/C26H28F7N3O3S/c1-16(2)35-12-10-22(34-35)18-14-23(37)36(40(38,39)19-7-8-19)24(15-18,26(31,32)33)20-9-6-17(13-21(20)27)5-3-4-11-25(28,29)30/h6,9-10,12-14,16,19H,3-5,7-8,11,15H2,1-2H3. The first kappa shape index (κ1) is 30.1. The maximum Gasteiger partial charge on any atom is 0.417 e. The van der Waals surface area contributed by atoms with Gasteiger partial charge in [-0.3, -0.25) is 9.48 Å². The maximum atomic E-state index is 15.6. The van der Waals surface area contributed by atoms with E-state index in [9.17, 15) is 26.4 Å². The van der Waals surface area contributed by atoms with Crippen molar-refractivity contribution in [3.8, 4) is 0 Å². The molecule has 1 aromatic heterocycles. The predicted molar refractivity (Wildman–Crippen MR) is 132 cm³/mol. The minimum absolute atomic E-state index is 0.00871. The lowest BCUT2D eigenvalue weighted by Gasteiger charge is -2.46. The Hall–Kier alpha value is -2.90. The van der Waals surface area contributed by atoms with Gasteiger partial charge in [-0.2, -0.15) is 31.4 Å². The number of aromatic nitrogens is 2. The fourth-order valence-electron chi connectivity index (χ4n) is 4.89. The normalized spacial score (nSPS) is 20.8. The minimum Gasteiger partial charge on any atom is -0.270 e. The van der Waals surface area contributed by atoms with Crippen molar-refractivity contribution in [2.75, 3.05) is 0 Å². The molecular formula is C26H28F7N3O3S. The van der Waals surface area contributed by atoms with Gasteiger partial charge in [0.1, 0.15) is 5.82 Å². The van der Waals surface area contributed by atoms with Crippen molar-refractivity contribution in [1.82, 2.24) is 14.1 Å². The summed E-state index contributed by atoms with van der Waals surface area (Å²) in [5, 5.41) is 3.02. The van der Waals surface area contributed by atoms with Gasteiger partial charge >= 0.3 is 12.4 Å². The number of sulfonamides is 1. The number of benzene rings is 1. The van der Waals surface area contributed by atoms with E-state index in [4.69, 9.17) is 0 Å². The van der Waals surface area contributed by atoms with E-state index in [1.807, 2.05) is 0 Å². The van der Waals surface area contributed by atoms with E-state index in [1.54, 1.807) is 13.8 Å². The van der Waals surface area contributed by atoms with Gasteiger partial charge in [0.15, 0.2) is 5.54 Å². The summed E-state index contributed by atoms with van der Waals surface area (Å²) in [6.45, 7) is 3.56. The molecular weight excluding hydrogens is 567 g/mol. The molecule has 0 N–H and O–H groups in total. The summed E-state index contributed by atoms with van der Waals surface area (Å²) in [4.78, 5) is 13.3. The highest BCUT2D eigenvalue weighted by molar-refractivity contribution is 7.90. The molecule has 1 saturated carbocycles. The fourth-order valence-corrected chi connectivity index (χ4v) is 6.92. The van der Waals surface area contributed by atoms with Crippen LogP contribution in [-0.2, 0) is 26.8 Å². The molecule has 0 radical (unpaired) electrons. The lowest BCUT2D eigenvalue weighted by molar-refractivity contribution is -0.222. The number of hydrogen-bond donors (Lipinski definition) is 0. The van der Waals surface area contributed by atoms with Crippen LogP contribution in [0, 0.1) is 5.82 Å². The average molecular weight is 596 g/mol. The molecule has 6 nitrogen and oxygen atoms in total. The topological polar surface area (TPSA) is 72.3 Å². The third-order valence-corrected chi connectivity index (χ3v) is 9.40. The molecule has 4 rings (SSSR count). The van der Waals surface area contributed by atoms with E-state index < -0.39 is 63.3 Å². The van der Waals surface area contributed by atoms with Gasteiger partial charge in [0, 0.05) is 36.7 Å². The number of rotatable bonds is 9. The molecule has 1 unspecified atom stereocenters. The van der Waals surface area contributed by atoms with E-state index in [0.29, 0.717) is 0 Å². The zero-order valence-corrected chi connectivity index (χ0v) is 22.5. The maximum absolute atomic E-state index is 15.6. The summed E-state index contributed by atoms with van der Waals surface area (Å²) >= 11 is 0. The van der Waals surface area contributed by atoms with Crippen molar-refractivity contribution in [3.05, 3.63) is 59.2 Å². The van der Waals surface area contributed by atoms with Gasteiger partial charge in [-0.15, -0.1) is 0 Å². The van der Waals surface area contributed by atoms with Crippen molar-refractivity contribution in [1.29, 1.82) is 0 Å². The molecule has 1 fully saturated rings. The van der Waals surface area contributed by atoms with Crippen LogP contribution in [-0.4, -0.2) is 46.0 Å². The summed E-state index contributed by atoms with van der Waals surface area (Å²) in [7, 11) is -4.83. The van der Waals surface area contributed by atoms with Crippen molar-refractivity contribution >= 4 is 21.5 Å². The Morgan fingerprint density at radius 1 is 1.07 bits per heavy atom. The molecule has 0 bridgehead atoms. The van der Waals surface area contributed by atoms with E-state index >= 15 is 17.6 Å². The zero-order chi connectivity index (χ0) is 29.7. The van der Waals surface area contributed by atoms with Crippen molar-refractivity contribution in [3.63, 3.8) is 0 Å². The molecule has 1 aromatic carbocycles. The van der Waals surface area contributed by atoms with Crippen molar-refractivity contribution < 1.29 is 43.9 Å². The van der Waals surface area contributed by atoms with Crippen LogP contribution in [0.2, 0.25) is 0 Å². The molecule has 1 aliphatic carbocycles. The lowest BCUT2D eigenvalue weighted by atomic mass is 9.79. The number of unbranched alkanes of at least 4 members (excludes halogenated alkanes) is 1. The molecule has 220 valence electrons. The summed E-state index contributed by atoms with van der Waals surface area (Å²) in [6, 6.07) is 3.89. The Kier molecular flexibility index (Phi) is 7.89. The van der Waals surface area contributed by atoms with Gasteiger partial charge in [0.05, 0.1) is 10.9 Å². The summed E-state index contributed by atoms with van der Waals surface area (Å²) in [5.74, 6) is -2.87. The largest absolute Gasteiger partial charge is 0.417 e. The summed E-state index contributed by atoms with van der Waals surface area (Å²) < 4.78 is 126. The van der Waals surface area contributed by atoms with E-state index in [0.717, 1.165) is 24.3 Å². The van der Waals surface area contributed by atoms with Gasteiger partial charge in [-0.05, 0) is 69.2 Å². The highest BCUT2D eigenvalue weighted by Crippen LogP contribution is 2.55. The van der Waals surface area contributed by atoms with Crippen LogP contribution >= 0.6 is 0 Å². The number of alkyl halides is 6. The molecule has 1 atom stereocenters. The molecule has 0 saturated heterocycles. The molecule has 40 heavy (non-hydrogen) atoms. The quantitative estimate of drug-likeness (QED) is 0.247. The van der Waals surface area contributed by atoms with Crippen molar-refractivity contribution in [2.24, 2.45) is 0 Å². The first-order valence-corrected chi connectivity index (χ1v) is 14.2. The monoisotopic (exact) mass is 595 g/mol. The summed E-state index contributed by atoms with van der Waals surface area (Å²) in [5.41, 5.74) is -4.72. The van der Waals surface area contributed by atoms with Crippen LogP contribution in [0.25, 0.3) is 5.57 Å². The van der Waals surface area contributed by atoms with E-state index in [2.05, 4.69) is 5.10 Å². The molecule has 0 spiro atoms. The Balaban J connectivity index is 1.81. The first-order chi connectivity index (χ1) is 18.5. The third-order valence-electron chi connectivity index (χ3n) is 7.08. The lowest BCUT2D eigenvalue weighted by Crippen LogP contribution is -2.62. The number of amides is 1. The SMILES string of the molecule is CC(C)n1ccc(C2=CC(=O)N(S(=O)(=O)C3CC3)C(c3ccc(CCCCC(F)(F)F)cc3F)(C(F)(F)F)C2)n1. The molecule has 2 heterocycles. The van der Waals surface area contributed by atoms with Gasteiger partial charge in [-0.1, -0.05) is 12.1 Å². The average Bonchev–Trinajstić information content (AvgIpc) is 3.57. The Labute approximate surface area is 226 Å². The number of halogens is 7. The van der Waals surface area contributed by atoms with Crippen LogP contribution in [0.5, 0.6) is 0 Å². The Morgan fingerprint density at radius 2 is 1.75 bits per heavy atom. The molecule has 2 aromatic rings. The fraction of sp³-hybridized carbons (Fsp3) is 0.538. The molecule has 14 heteroatoms. The molecule has 1 aliphatic heterocycles. The second-order valence-corrected chi connectivity index (χ2v) is 12.5. The van der Waals surface area contributed by atoms with E-state index in [-0.39, 0.29) is 59.3 Å². The Morgan fingerprint density at radius 3 is 2.27 bits per heavy atom. The van der Waals surface area contributed by atoms with Gasteiger partial charge in [-0.25, -0.2) is 17.1 Å². The van der Waals surface area contributed by atoms with Crippen LogP contribution in [0.15, 0.2) is 36.5 Å². The third kappa shape index (κ3) is 5.77. The van der Waals surface area contributed by atoms with Gasteiger partial charge < -0.3 is 0 Å². The van der Waals surface area contributed by atoms with Crippen LogP contribution in [0.1, 0.15) is 75.2 Å². The van der Waals surface area contributed by atoms with Crippen LogP contribution < -0.4 is 0 Å². The van der Waals surface area contributed by atoms with Gasteiger partial charge in [0.25, 0.3) is 5.91 Å². The highest BCUT2D eigenvalue weighted by Gasteiger charge is 2.68. The number of hydrogen-bond acceptors (Lipinski definition) is 4. The first-order valence-electron chi connectivity index (χ1n) is 12.7. The number of carbonyl (C=O) groups is 1. The highest BCUT2D eigenvalue weighted by atomic mass is 32.2. The zero-order valence-electron chi connectivity index (χ0n) is 21.7. The molecule has 1 amide bonds. The van der Waals surface area contributed by atoms with Crippen molar-refractivity contribution in [2.45, 2.75) is 88.0 Å². The summed E-state index contributed by atoms with van der Waals surface area (Å²) in [6.07, 6.45) is -9.82. The number of nitrogens with zero attached hydrogens (tertiary/aromatic N) is 3. The second-order valence-electron chi connectivity index (χ2n) is 10.5. The van der Waals surface area contributed by atoms with Crippen LogP contribution in [0.3, 0.4) is 0 Å². The number of aryl methyl sites for hydroxylation is 1. The predicted octanol–water partition coefficient (Wildman–Crippen LogP) is 6.44. The van der Waals surface area contributed by atoms with E-state index in [1.165, 1.54) is 16.9 Å². The van der Waals surface area contributed by atoms with Gasteiger partial charge in [0.2, 0.25) is 10.0 Å². The smallest absolute Gasteiger partial charge is 0.270 e. The number of carbonyl (C=O) groups excluding carboxylic acids is 1. The Bertz CT molecular complexity index is 1410.